The number of hydrogen-bond donors (Lipinski definition) is 0. The Morgan fingerprint density at radius 2 is 1.70 bits per heavy atom. The molecular weight excluding hydrogens is 120 g/mol. The van der Waals surface area contributed by atoms with Crippen molar-refractivity contribution >= 4 is 0 Å². The Balaban J connectivity index is 2.82. The predicted octanol–water partition coefficient (Wildman–Crippen LogP) is 3.37. The molecule has 0 aromatic rings. The second-order valence-electron chi connectivity index (χ2n) is 2.59. The minimum Gasteiger partial charge on any atom is -0.107 e. The van der Waals surface area contributed by atoms with Crippen LogP contribution in [0.4, 0.5) is 0 Å². The summed E-state index contributed by atoms with van der Waals surface area (Å²) in [4.78, 5) is 0. The highest BCUT2D eigenvalue weighted by atomic mass is 13.9. The Morgan fingerprint density at radius 1 is 1.00 bits per heavy atom. The van der Waals surface area contributed by atoms with E-state index in [9.17, 15) is 0 Å². The van der Waals surface area contributed by atoms with Crippen LogP contribution in [0.25, 0.3) is 0 Å². The van der Waals surface area contributed by atoms with Crippen molar-refractivity contribution in [2.45, 2.75) is 52.4 Å². The van der Waals surface area contributed by atoms with E-state index in [4.69, 9.17) is 0 Å². The number of rotatable bonds is 5. The lowest BCUT2D eigenvalue weighted by molar-refractivity contribution is 0.641. The zero-order valence-corrected chi connectivity index (χ0v) is 7.24. The number of unbranched alkanes of at least 4 members (excludes halogenated alkanes) is 5. The smallest absolute Gasteiger partial charge is 0.00885 e. The summed E-state index contributed by atoms with van der Waals surface area (Å²) < 4.78 is 0. The highest BCUT2D eigenvalue weighted by Gasteiger charge is 1.85. The van der Waals surface area contributed by atoms with Gasteiger partial charge in [0.25, 0.3) is 0 Å². The molecule has 0 nitrogen and oxygen atoms in total. The fourth-order valence-electron chi connectivity index (χ4n) is 0.942. The Morgan fingerprint density at radius 3 is 2.30 bits per heavy atom. The summed E-state index contributed by atoms with van der Waals surface area (Å²) in [6.45, 7) is 4.15. The first-order valence-corrected chi connectivity index (χ1v) is 4.31. The Hall–Kier alpha value is -0.440. The average Bonchev–Trinajstić information content (AvgIpc) is 1.97. The van der Waals surface area contributed by atoms with Crippen LogP contribution in [-0.2, 0) is 0 Å². The van der Waals surface area contributed by atoms with Gasteiger partial charge in [-0.05, 0) is 13.3 Å². The van der Waals surface area contributed by atoms with E-state index < -0.39 is 0 Å². The highest BCUT2D eigenvalue weighted by Crippen LogP contribution is 2.03. The van der Waals surface area contributed by atoms with Crippen LogP contribution in [0.5, 0.6) is 0 Å². The van der Waals surface area contributed by atoms with Gasteiger partial charge in [-0.25, -0.2) is 0 Å². The van der Waals surface area contributed by atoms with Gasteiger partial charge in [0.15, 0.2) is 0 Å². The third kappa shape index (κ3) is 7.56. The van der Waals surface area contributed by atoms with E-state index in [-0.39, 0.29) is 0 Å². The van der Waals surface area contributed by atoms with Crippen molar-refractivity contribution in [3.63, 3.8) is 0 Å². The first kappa shape index (κ1) is 9.56. The molecule has 58 valence electrons. The zero-order valence-electron chi connectivity index (χ0n) is 7.24. The van der Waals surface area contributed by atoms with Gasteiger partial charge in [0.05, 0.1) is 0 Å². The van der Waals surface area contributed by atoms with Crippen molar-refractivity contribution in [1.29, 1.82) is 0 Å². The largest absolute Gasteiger partial charge is 0.107 e. The third-order valence-corrected chi connectivity index (χ3v) is 1.58. The van der Waals surface area contributed by atoms with Crippen molar-refractivity contribution < 1.29 is 0 Å². The molecule has 0 fully saturated rings. The lowest BCUT2D eigenvalue weighted by atomic mass is 10.1. The summed E-state index contributed by atoms with van der Waals surface area (Å²) in [5.41, 5.74) is 0. The van der Waals surface area contributed by atoms with Gasteiger partial charge in [-0.15, -0.1) is 11.8 Å². The molecule has 0 heterocycles. The molecule has 0 heteroatoms. The molecule has 0 aliphatic heterocycles. The van der Waals surface area contributed by atoms with Gasteiger partial charge in [0.2, 0.25) is 0 Å². The molecule has 0 unspecified atom stereocenters. The molecule has 0 spiro atoms. The summed E-state index contributed by atoms with van der Waals surface area (Å²) in [6.07, 6.45) is 7.87. The zero-order chi connectivity index (χ0) is 7.66. The topological polar surface area (TPSA) is 0 Å². The molecule has 0 aliphatic carbocycles. The van der Waals surface area contributed by atoms with Crippen LogP contribution in [0.2, 0.25) is 0 Å². The van der Waals surface area contributed by atoms with Crippen LogP contribution in [0.15, 0.2) is 0 Å². The SMILES string of the molecule is CC#CCCCCCCC. The first-order valence-electron chi connectivity index (χ1n) is 4.31. The summed E-state index contributed by atoms with van der Waals surface area (Å²) in [5, 5.41) is 0. The van der Waals surface area contributed by atoms with E-state index in [1.54, 1.807) is 0 Å². The van der Waals surface area contributed by atoms with E-state index in [1.807, 2.05) is 6.92 Å². The van der Waals surface area contributed by atoms with Crippen molar-refractivity contribution in [3.05, 3.63) is 0 Å². The quantitative estimate of drug-likeness (QED) is 0.403. The highest BCUT2D eigenvalue weighted by molar-refractivity contribution is 4.94. The lowest BCUT2D eigenvalue weighted by Gasteiger charge is -1.93. The van der Waals surface area contributed by atoms with Crippen LogP contribution in [0.1, 0.15) is 52.4 Å². The lowest BCUT2D eigenvalue weighted by Crippen LogP contribution is -1.75. The van der Waals surface area contributed by atoms with Gasteiger partial charge in [-0.1, -0.05) is 32.6 Å². The van der Waals surface area contributed by atoms with E-state index in [0.717, 1.165) is 6.42 Å². The van der Waals surface area contributed by atoms with Crippen LogP contribution >= 0.6 is 0 Å². The van der Waals surface area contributed by atoms with Gasteiger partial charge in [0, 0.05) is 6.42 Å². The molecule has 0 saturated heterocycles. The minimum atomic E-state index is 1.10. The summed E-state index contributed by atoms with van der Waals surface area (Å²) in [5.74, 6) is 5.98. The molecule has 0 amide bonds. The Kier molecular flexibility index (Phi) is 8.18. The molecule has 0 rings (SSSR count). The van der Waals surface area contributed by atoms with E-state index in [0.29, 0.717) is 0 Å². The third-order valence-electron chi connectivity index (χ3n) is 1.58. The molecule has 0 bridgehead atoms. The monoisotopic (exact) mass is 138 g/mol. The van der Waals surface area contributed by atoms with Crippen LogP contribution in [0, 0.1) is 11.8 Å². The summed E-state index contributed by atoms with van der Waals surface area (Å²) in [7, 11) is 0. The van der Waals surface area contributed by atoms with Crippen molar-refractivity contribution in [2.24, 2.45) is 0 Å². The van der Waals surface area contributed by atoms with E-state index in [1.165, 1.54) is 32.1 Å². The maximum atomic E-state index is 3.08. The molecule has 0 saturated carbocycles. The average molecular weight is 138 g/mol. The Labute approximate surface area is 65.0 Å². The van der Waals surface area contributed by atoms with E-state index in [2.05, 4.69) is 18.8 Å². The van der Waals surface area contributed by atoms with Gasteiger partial charge >= 0.3 is 0 Å². The molecule has 0 aromatic carbocycles. The van der Waals surface area contributed by atoms with Crippen LogP contribution in [0.3, 0.4) is 0 Å². The van der Waals surface area contributed by atoms with Crippen molar-refractivity contribution in [2.75, 3.05) is 0 Å². The molecule has 0 aromatic heterocycles. The second kappa shape index (κ2) is 8.56. The van der Waals surface area contributed by atoms with Gasteiger partial charge in [-0.3, -0.25) is 0 Å². The maximum absolute atomic E-state index is 3.08. The van der Waals surface area contributed by atoms with Crippen LogP contribution in [-0.4, -0.2) is 0 Å². The molecule has 0 aliphatic rings. The normalized spacial score (nSPS) is 8.60. The molecule has 0 N–H and O–H groups in total. The predicted molar refractivity (Wildman–Crippen MR) is 46.8 cm³/mol. The fourth-order valence-corrected chi connectivity index (χ4v) is 0.942. The first-order chi connectivity index (χ1) is 4.91. The molecular formula is C10H18. The van der Waals surface area contributed by atoms with Gasteiger partial charge < -0.3 is 0 Å². The van der Waals surface area contributed by atoms with Crippen molar-refractivity contribution in [3.8, 4) is 11.8 Å². The minimum absolute atomic E-state index is 1.10. The molecule has 0 radical (unpaired) electrons. The fraction of sp³-hybridized carbons (Fsp3) is 0.800. The number of hydrogen-bond acceptors (Lipinski definition) is 0. The van der Waals surface area contributed by atoms with Crippen LogP contribution < -0.4 is 0 Å². The van der Waals surface area contributed by atoms with Gasteiger partial charge in [-0.2, -0.15) is 0 Å². The molecule has 10 heavy (non-hydrogen) atoms. The summed E-state index contributed by atoms with van der Waals surface area (Å²) in [6, 6.07) is 0. The van der Waals surface area contributed by atoms with Crippen molar-refractivity contribution in [1.82, 2.24) is 0 Å². The molecule has 0 atom stereocenters. The standard InChI is InChI=1S/C10H18/c1-3-5-7-9-10-8-6-4-2/h3,5,7-10H2,1-2H3. The van der Waals surface area contributed by atoms with E-state index >= 15 is 0 Å². The second-order valence-corrected chi connectivity index (χ2v) is 2.59. The maximum Gasteiger partial charge on any atom is 0.00885 e. The Bertz CT molecular complexity index is 103. The summed E-state index contributed by atoms with van der Waals surface area (Å²) >= 11 is 0. The van der Waals surface area contributed by atoms with Gasteiger partial charge in [0.1, 0.15) is 0 Å².